The summed E-state index contributed by atoms with van der Waals surface area (Å²) in [4.78, 5) is 38.3. The Balaban J connectivity index is 0. The second-order valence-electron chi connectivity index (χ2n) is 12.6. The van der Waals surface area contributed by atoms with Gasteiger partial charge in [0.05, 0.1) is 6.61 Å². The molecule has 0 unspecified atom stereocenters. The van der Waals surface area contributed by atoms with Crippen molar-refractivity contribution in [1.29, 1.82) is 0 Å². The summed E-state index contributed by atoms with van der Waals surface area (Å²) in [7, 11) is 0. The molecule has 0 spiro atoms. The van der Waals surface area contributed by atoms with Gasteiger partial charge in [0.25, 0.3) is 0 Å². The number of nitrogens with one attached hydrogen (secondary N) is 1. The molecule has 0 aromatic carbocycles. The molecule has 0 heterocycles. The zero-order valence-corrected chi connectivity index (χ0v) is 30.7. The minimum absolute atomic E-state index is 0.0251. The number of nitrogens with zero attached hydrogens (tertiary/aromatic N) is 1. The third-order valence-electron chi connectivity index (χ3n) is 8.01. The number of aliphatic carboxylic acids is 1. The van der Waals surface area contributed by atoms with Crippen molar-refractivity contribution >= 4 is 23.8 Å². The summed E-state index contributed by atoms with van der Waals surface area (Å²) in [6.45, 7) is 6.94. The van der Waals surface area contributed by atoms with Crippen molar-refractivity contribution in [2.75, 3.05) is 13.2 Å². The van der Waals surface area contributed by atoms with Crippen molar-refractivity contribution < 1.29 is 24.2 Å². The lowest BCUT2D eigenvalue weighted by molar-refractivity contribution is -0.147. The molecule has 9 heteroatoms. The smallest absolute Gasteiger partial charge is 0.328 e. The van der Waals surface area contributed by atoms with Crippen molar-refractivity contribution in [3.63, 3.8) is 0 Å². The van der Waals surface area contributed by atoms with E-state index in [1.54, 1.807) is 6.92 Å². The molecule has 47 heavy (non-hydrogen) atoms. The molecule has 1 atom stereocenters. The average Bonchev–Trinajstić information content (AvgIpc) is 3.03. The number of hydrogen-bond donors (Lipinski definition) is 4. The Morgan fingerprint density at radius 2 is 1.11 bits per heavy atom. The van der Waals surface area contributed by atoms with Gasteiger partial charge in [-0.3, -0.25) is 14.6 Å². The van der Waals surface area contributed by atoms with Gasteiger partial charge in [-0.05, 0) is 58.3 Å². The first kappa shape index (κ1) is 46.5. The van der Waals surface area contributed by atoms with Gasteiger partial charge in [-0.25, -0.2) is 4.79 Å². The van der Waals surface area contributed by atoms with Gasteiger partial charge < -0.3 is 26.6 Å². The van der Waals surface area contributed by atoms with E-state index in [9.17, 15) is 14.4 Å². The fraction of sp³-hybridized carbons (Fsp3) is 0.842. The van der Waals surface area contributed by atoms with Crippen LogP contribution in [0.2, 0.25) is 0 Å². The molecule has 6 N–H and O–H groups in total. The second-order valence-corrected chi connectivity index (χ2v) is 12.6. The minimum Gasteiger partial charge on any atom is -0.481 e. The van der Waals surface area contributed by atoms with Gasteiger partial charge in [0, 0.05) is 19.4 Å². The number of nitrogens with two attached hydrogens (primary N) is 2. The van der Waals surface area contributed by atoms with Crippen molar-refractivity contribution in [3.8, 4) is 0 Å². The van der Waals surface area contributed by atoms with Gasteiger partial charge in [-0.2, -0.15) is 0 Å². The van der Waals surface area contributed by atoms with Crippen LogP contribution in [0.4, 0.5) is 0 Å². The molecule has 0 fully saturated rings. The normalized spacial score (nSPS) is 11.5. The number of hydrogen-bond acceptors (Lipinski definition) is 5. The zero-order chi connectivity index (χ0) is 35.2. The summed E-state index contributed by atoms with van der Waals surface area (Å²) in [5.74, 6) is -1.14. The number of aliphatic imine (C=N–C) groups is 1. The summed E-state index contributed by atoms with van der Waals surface area (Å²) >= 11 is 0. The van der Waals surface area contributed by atoms with Crippen LogP contribution in [0.25, 0.3) is 0 Å². The lowest BCUT2D eigenvalue weighted by Gasteiger charge is -2.17. The molecule has 0 saturated heterocycles. The molecule has 0 radical (unpaired) electrons. The van der Waals surface area contributed by atoms with Gasteiger partial charge in [0.2, 0.25) is 5.91 Å². The first-order valence-corrected chi connectivity index (χ1v) is 19.2. The number of carbonyl (C=O) groups is 3. The van der Waals surface area contributed by atoms with Crippen LogP contribution in [0.1, 0.15) is 188 Å². The Morgan fingerprint density at radius 1 is 0.660 bits per heavy atom. The Kier molecular flexibility index (Phi) is 37.5. The molecule has 276 valence electrons. The Bertz CT molecular complexity index is 784. The van der Waals surface area contributed by atoms with E-state index in [1.165, 1.54) is 116 Å². The maximum Gasteiger partial charge on any atom is 0.328 e. The highest BCUT2D eigenvalue weighted by Crippen LogP contribution is 2.12. The fourth-order valence-electron chi connectivity index (χ4n) is 5.21. The molecule has 0 aliphatic heterocycles. The quantitative estimate of drug-likeness (QED) is 0.0183. The molecule has 0 rings (SSSR count). The number of carboxylic acid groups (broad SMARTS) is 1. The highest BCUT2D eigenvalue weighted by molar-refractivity contribution is 5.84. The SMILES string of the molecule is CCCCCCCC/C=C\CCCCCCCC(=O)O.CCCCCCCCCCCC(=O)N[C@@H](CCCN=C(N)N)C(=O)OCC. The number of guanidine groups is 1. The van der Waals surface area contributed by atoms with Gasteiger partial charge in [0.15, 0.2) is 5.96 Å². The highest BCUT2D eigenvalue weighted by atomic mass is 16.5. The predicted molar refractivity (Wildman–Crippen MR) is 197 cm³/mol. The number of carbonyl (C=O) groups excluding carboxylic acids is 2. The maximum absolute atomic E-state index is 12.1. The third-order valence-corrected chi connectivity index (χ3v) is 8.01. The molecule has 0 aromatic rings. The maximum atomic E-state index is 12.1. The van der Waals surface area contributed by atoms with E-state index < -0.39 is 18.0 Å². The van der Waals surface area contributed by atoms with Crippen LogP contribution in [0.5, 0.6) is 0 Å². The molecule has 0 aliphatic carbocycles. The number of esters is 1. The van der Waals surface area contributed by atoms with Crippen molar-refractivity contribution in [2.24, 2.45) is 16.5 Å². The van der Waals surface area contributed by atoms with E-state index in [0.29, 0.717) is 32.2 Å². The molecule has 0 aromatic heterocycles. The third kappa shape index (κ3) is 39.5. The first-order chi connectivity index (χ1) is 22.8. The van der Waals surface area contributed by atoms with Crippen LogP contribution in [0, 0.1) is 0 Å². The van der Waals surface area contributed by atoms with Gasteiger partial charge in [-0.15, -0.1) is 0 Å². The Morgan fingerprint density at radius 3 is 1.55 bits per heavy atom. The molecule has 1 amide bonds. The lowest BCUT2D eigenvalue weighted by Crippen LogP contribution is -2.42. The first-order valence-electron chi connectivity index (χ1n) is 19.2. The Labute approximate surface area is 288 Å². The number of carboxylic acids is 1. The number of amides is 1. The van der Waals surface area contributed by atoms with E-state index in [1.807, 2.05) is 0 Å². The van der Waals surface area contributed by atoms with Crippen LogP contribution >= 0.6 is 0 Å². The van der Waals surface area contributed by atoms with Gasteiger partial charge >= 0.3 is 11.9 Å². The highest BCUT2D eigenvalue weighted by Gasteiger charge is 2.21. The lowest BCUT2D eigenvalue weighted by atomic mass is 10.1. The van der Waals surface area contributed by atoms with Gasteiger partial charge in [0.1, 0.15) is 6.04 Å². The fourth-order valence-corrected chi connectivity index (χ4v) is 5.21. The number of rotatable bonds is 32. The monoisotopic (exact) mass is 667 g/mol. The number of unbranched alkanes of at least 4 members (excludes halogenated alkanes) is 19. The molecule has 0 aliphatic rings. The minimum atomic E-state index is -0.664. The van der Waals surface area contributed by atoms with Crippen molar-refractivity contribution in [1.82, 2.24) is 5.32 Å². The predicted octanol–water partition coefficient (Wildman–Crippen LogP) is 9.12. The summed E-state index contributed by atoms with van der Waals surface area (Å²) in [6.07, 6.45) is 33.6. The van der Waals surface area contributed by atoms with E-state index in [4.69, 9.17) is 21.3 Å². The average molecular weight is 667 g/mol. The van der Waals surface area contributed by atoms with Crippen LogP contribution in [-0.2, 0) is 19.1 Å². The largest absolute Gasteiger partial charge is 0.481 e. The Hall–Kier alpha value is -2.58. The van der Waals surface area contributed by atoms with Crippen LogP contribution in [0.15, 0.2) is 17.1 Å². The topological polar surface area (TPSA) is 157 Å². The van der Waals surface area contributed by atoms with Crippen molar-refractivity contribution in [2.45, 2.75) is 194 Å². The second kappa shape index (κ2) is 37.9. The summed E-state index contributed by atoms with van der Waals surface area (Å²) < 4.78 is 5.04. The number of allylic oxidation sites excluding steroid dienone is 2. The molecule has 0 saturated carbocycles. The van der Waals surface area contributed by atoms with E-state index in [2.05, 4.69) is 36.3 Å². The summed E-state index contributed by atoms with van der Waals surface area (Å²) in [5.41, 5.74) is 10.6. The molecule has 0 bridgehead atoms. The van der Waals surface area contributed by atoms with Gasteiger partial charge in [-0.1, -0.05) is 129 Å². The van der Waals surface area contributed by atoms with Crippen molar-refractivity contribution in [3.05, 3.63) is 12.2 Å². The molecular weight excluding hydrogens is 592 g/mol. The van der Waals surface area contributed by atoms with E-state index in [-0.39, 0.29) is 18.5 Å². The standard InChI is InChI=1S/C20H40N4O3.C18H34O2/c1-3-5-6-7-8-9-10-11-12-15-18(25)24-17(19(26)27-4-2)14-13-16-23-20(21)22;1-2-3-4-5-6-7-8-9-10-11-12-13-14-15-16-17-18(19)20/h17H,3-16H2,1-2H3,(H,24,25)(H4,21,22,23);9-10H,2-8,11-17H2,1H3,(H,19,20)/b;10-9-/t17-;/m0./s1. The van der Waals surface area contributed by atoms with Crippen LogP contribution in [-0.4, -0.2) is 48.1 Å². The molecular formula is C38H74N4O5. The zero-order valence-electron chi connectivity index (χ0n) is 30.7. The van der Waals surface area contributed by atoms with Crippen LogP contribution in [0.3, 0.4) is 0 Å². The van der Waals surface area contributed by atoms with E-state index >= 15 is 0 Å². The van der Waals surface area contributed by atoms with E-state index in [0.717, 1.165) is 25.7 Å². The van der Waals surface area contributed by atoms with Crippen LogP contribution < -0.4 is 16.8 Å². The summed E-state index contributed by atoms with van der Waals surface area (Å²) in [6, 6.07) is -0.634. The molecule has 9 nitrogen and oxygen atoms in total. The summed E-state index contributed by atoms with van der Waals surface area (Å²) in [5, 5.41) is 11.3. The number of ether oxygens (including phenoxy) is 1.